The van der Waals surface area contributed by atoms with Gasteiger partial charge in [0.1, 0.15) is 5.82 Å². The molecule has 1 atom stereocenters. The molecule has 0 aliphatic rings. The Balaban J connectivity index is 2.09. The molecule has 3 rings (SSSR count). The third-order valence-corrected chi connectivity index (χ3v) is 4.25. The molecule has 25 heavy (non-hydrogen) atoms. The van der Waals surface area contributed by atoms with Crippen LogP contribution in [0.2, 0.25) is 0 Å². The third kappa shape index (κ3) is 3.36. The van der Waals surface area contributed by atoms with Gasteiger partial charge in [-0.1, -0.05) is 0 Å². The van der Waals surface area contributed by atoms with Gasteiger partial charge in [0.2, 0.25) is 0 Å². The van der Waals surface area contributed by atoms with E-state index in [4.69, 9.17) is 0 Å². The SMILES string of the molecule is CC(Nc1cc(=O)n(C)c2ccc([N+](=O)[O-])cc12)c1ncc(Br)cn1. The average Bonchev–Trinajstić information content (AvgIpc) is 2.59. The first-order valence-electron chi connectivity index (χ1n) is 7.39. The molecule has 2 heterocycles. The minimum atomic E-state index is -0.463. The number of nitro benzene ring substituents is 1. The molecule has 0 aliphatic heterocycles. The van der Waals surface area contributed by atoms with Crippen LogP contribution in [-0.2, 0) is 7.05 Å². The maximum Gasteiger partial charge on any atom is 0.270 e. The van der Waals surface area contributed by atoms with Gasteiger partial charge in [0.25, 0.3) is 11.2 Å². The number of halogens is 1. The van der Waals surface area contributed by atoms with Crippen LogP contribution in [0.5, 0.6) is 0 Å². The Morgan fingerprint density at radius 1 is 1.28 bits per heavy atom. The Hall–Kier alpha value is -2.81. The molecule has 0 radical (unpaired) electrons. The maximum atomic E-state index is 12.2. The van der Waals surface area contributed by atoms with Gasteiger partial charge in [0, 0.05) is 48.7 Å². The predicted octanol–water partition coefficient (Wildman–Crippen LogP) is 3.17. The van der Waals surface area contributed by atoms with Gasteiger partial charge in [0.15, 0.2) is 0 Å². The van der Waals surface area contributed by atoms with Crippen LogP contribution < -0.4 is 10.9 Å². The molecule has 1 unspecified atom stereocenters. The summed E-state index contributed by atoms with van der Waals surface area (Å²) >= 11 is 3.28. The number of aromatic nitrogens is 3. The van der Waals surface area contributed by atoms with E-state index in [2.05, 4.69) is 31.2 Å². The summed E-state index contributed by atoms with van der Waals surface area (Å²) in [5.74, 6) is 0.544. The van der Waals surface area contributed by atoms with Gasteiger partial charge in [-0.3, -0.25) is 14.9 Å². The molecule has 3 aromatic rings. The zero-order valence-corrected chi connectivity index (χ0v) is 15.0. The maximum absolute atomic E-state index is 12.2. The van der Waals surface area contributed by atoms with Crippen molar-refractivity contribution in [3.05, 3.63) is 67.4 Å². The van der Waals surface area contributed by atoms with Crippen molar-refractivity contribution in [2.24, 2.45) is 7.05 Å². The van der Waals surface area contributed by atoms with Crippen LogP contribution in [-0.4, -0.2) is 19.5 Å². The van der Waals surface area contributed by atoms with Crippen LogP contribution in [0.15, 0.2) is 45.9 Å². The number of nitrogens with one attached hydrogen (secondary N) is 1. The highest BCUT2D eigenvalue weighted by Crippen LogP contribution is 2.28. The van der Waals surface area contributed by atoms with Crippen LogP contribution in [0, 0.1) is 10.1 Å². The molecule has 0 aliphatic carbocycles. The fourth-order valence-electron chi connectivity index (χ4n) is 2.53. The summed E-state index contributed by atoms with van der Waals surface area (Å²) in [4.78, 5) is 31.3. The van der Waals surface area contributed by atoms with Gasteiger partial charge in [-0.15, -0.1) is 0 Å². The third-order valence-electron chi connectivity index (χ3n) is 3.84. The van der Waals surface area contributed by atoms with E-state index in [1.165, 1.54) is 22.8 Å². The number of anilines is 1. The topological polar surface area (TPSA) is 103 Å². The quantitative estimate of drug-likeness (QED) is 0.529. The molecular weight excluding hydrogens is 390 g/mol. The van der Waals surface area contributed by atoms with Crippen molar-refractivity contribution >= 4 is 38.2 Å². The smallest absolute Gasteiger partial charge is 0.270 e. The second-order valence-electron chi connectivity index (χ2n) is 5.54. The molecule has 0 spiro atoms. The van der Waals surface area contributed by atoms with Crippen LogP contribution in [0.25, 0.3) is 10.9 Å². The number of hydrogen-bond donors (Lipinski definition) is 1. The zero-order valence-electron chi connectivity index (χ0n) is 13.4. The second kappa shape index (κ2) is 6.60. The summed E-state index contributed by atoms with van der Waals surface area (Å²) in [6.45, 7) is 1.85. The van der Waals surface area contributed by atoms with Crippen molar-refractivity contribution in [1.29, 1.82) is 0 Å². The lowest BCUT2D eigenvalue weighted by Gasteiger charge is -2.16. The lowest BCUT2D eigenvalue weighted by molar-refractivity contribution is -0.384. The number of rotatable bonds is 4. The van der Waals surface area contributed by atoms with Crippen molar-refractivity contribution in [2.75, 3.05) is 5.32 Å². The number of aryl methyl sites for hydroxylation is 1. The molecule has 2 aromatic heterocycles. The number of hydrogen-bond acceptors (Lipinski definition) is 6. The minimum absolute atomic E-state index is 0.0401. The van der Waals surface area contributed by atoms with E-state index >= 15 is 0 Å². The molecule has 0 fully saturated rings. The summed E-state index contributed by atoms with van der Waals surface area (Å²) in [7, 11) is 1.63. The fraction of sp³-hybridized carbons (Fsp3) is 0.188. The molecule has 1 N–H and O–H groups in total. The number of nitrogens with zero attached hydrogens (tertiary/aromatic N) is 4. The van der Waals surface area contributed by atoms with Gasteiger partial charge in [-0.2, -0.15) is 0 Å². The summed E-state index contributed by atoms with van der Waals surface area (Å²) < 4.78 is 2.21. The highest BCUT2D eigenvalue weighted by molar-refractivity contribution is 9.10. The first-order chi connectivity index (χ1) is 11.9. The molecular formula is C16H14BrN5O3. The van der Waals surface area contributed by atoms with Gasteiger partial charge in [0.05, 0.1) is 21.0 Å². The highest BCUT2D eigenvalue weighted by atomic mass is 79.9. The van der Waals surface area contributed by atoms with Gasteiger partial charge in [-0.05, 0) is 28.9 Å². The molecule has 0 bridgehead atoms. The van der Waals surface area contributed by atoms with E-state index in [1.807, 2.05) is 6.92 Å². The van der Waals surface area contributed by atoms with E-state index < -0.39 is 4.92 Å². The van der Waals surface area contributed by atoms with E-state index in [-0.39, 0.29) is 17.3 Å². The summed E-state index contributed by atoms with van der Waals surface area (Å²) in [5.41, 5.74) is 0.847. The monoisotopic (exact) mass is 403 g/mol. The van der Waals surface area contributed by atoms with E-state index in [0.717, 1.165) is 4.47 Å². The minimum Gasteiger partial charge on any atom is -0.375 e. The first-order valence-corrected chi connectivity index (χ1v) is 8.18. The highest BCUT2D eigenvalue weighted by Gasteiger charge is 2.15. The Morgan fingerprint density at radius 3 is 2.60 bits per heavy atom. The van der Waals surface area contributed by atoms with E-state index in [9.17, 15) is 14.9 Å². The number of benzene rings is 1. The first kappa shape index (κ1) is 17.0. The lowest BCUT2D eigenvalue weighted by Crippen LogP contribution is -2.19. The molecule has 1 aromatic carbocycles. The summed E-state index contributed by atoms with van der Waals surface area (Å²) in [6.07, 6.45) is 3.26. The number of nitro groups is 1. The molecule has 0 saturated carbocycles. The zero-order chi connectivity index (χ0) is 18.1. The lowest BCUT2D eigenvalue weighted by atomic mass is 10.1. The number of fused-ring (bicyclic) bond motifs is 1. The fourth-order valence-corrected chi connectivity index (χ4v) is 2.73. The van der Waals surface area contributed by atoms with Crippen molar-refractivity contribution in [1.82, 2.24) is 14.5 Å². The summed E-state index contributed by atoms with van der Waals surface area (Å²) in [5, 5.41) is 14.8. The molecule has 128 valence electrons. The van der Waals surface area contributed by atoms with Crippen LogP contribution >= 0.6 is 15.9 Å². The van der Waals surface area contributed by atoms with E-state index in [1.54, 1.807) is 25.5 Å². The Labute approximate surface area is 150 Å². The average molecular weight is 404 g/mol. The van der Waals surface area contributed by atoms with E-state index in [0.29, 0.717) is 22.4 Å². The van der Waals surface area contributed by atoms with Crippen molar-refractivity contribution in [2.45, 2.75) is 13.0 Å². The molecule has 0 saturated heterocycles. The van der Waals surface area contributed by atoms with Crippen molar-refractivity contribution in [3.8, 4) is 0 Å². The largest absolute Gasteiger partial charge is 0.375 e. The molecule has 8 nitrogen and oxygen atoms in total. The Morgan fingerprint density at radius 2 is 1.96 bits per heavy atom. The van der Waals surface area contributed by atoms with Gasteiger partial charge >= 0.3 is 0 Å². The predicted molar refractivity (Wildman–Crippen MR) is 97.6 cm³/mol. The molecule has 9 heteroatoms. The van der Waals surface area contributed by atoms with Crippen LogP contribution in [0.3, 0.4) is 0 Å². The Kier molecular flexibility index (Phi) is 4.49. The van der Waals surface area contributed by atoms with Gasteiger partial charge < -0.3 is 9.88 Å². The number of pyridine rings is 1. The van der Waals surface area contributed by atoms with Crippen molar-refractivity contribution in [3.63, 3.8) is 0 Å². The normalized spacial score (nSPS) is 12.1. The standard InChI is InChI=1S/C16H14BrN5O3/c1-9(16-18-7-10(17)8-19-16)20-13-6-15(23)21(2)14-4-3-11(22(24)25)5-12(13)14/h3-9,20H,1-2H3. The van der Waals surface area contributed by atoms with Crippen molar-refractivity contribution < 1.29 is 4.92 Å². The van der Waals surface area contributed by atoms with Gasteiger partial charge in [-0.25, -0.2) is 9.97 Å². The number of non-ortho nitro benzene ring substituents is 1. The Bertz CT molecular complexity index is 1020. The van der Waals surface area contributed by atoms with Crippen LogP contribution in [0.1, 0.15) is 18.8 Å². The second-order valence-corrected chi connectivity index (χ2v) is 6.46. The summed E-state index contributed by atoms with van der Waals surface area (Å²) in [6, 6.07) is 5.53. The van der Waals surface area contributed by atoms with Crippen LogP contribution in [0.4, 0.5) is 11.4 Å². The molecule has 0 amide bonds.